The minimum atomic E-state index is 0.563. The fourth-order valence-electron chi connectivity index (χ4n) is 6.12. The average molecular weight is 539 g/mol. The molecule has 0 amide bonds. The normalized spacial score (nSPS) is 11.8. The highest BCUT2D eigenvalue weighted by molar-refractivity contribution is 6.25. The monoisotopic (exact) mass is 538 g/mol. The van der Waals surface area contributed by atoms with Gasteiger partial charge in [-0.25, -0.2) is 9.97 Å². The van der Waals surface area contributed by atoms with Gasteiger partial charge in [0.15, 0.2) is 11.2 Å². The highest BCUT2D eigenvalue weighted by Crippen LogP contribution is 2.39. The molecule has 0 spiro atoms. The van der Waals surface area contributed by atoms with Crippen molar-refractivity contribution in [2.24, 2.45) is 0 Å². The number of hydrogen-bond acceptors (Lipinski definition) is 4. The summed E-state index contributed by atoms with van der Waals surface area (Å²) >= 11 is 0. The molecule has 0 aliphatic heterocycles. The van der Waals surface area contributed by atoms with E-state index in [-0.39, 0.29) is 0 Å². The largest absolute Gasteiger partial charge is 0.436 e. The minimum Gasteiger partial charge on any atom is -0.436 e. The van der Waals surface area contributed by atoms with Crippen LogP contribution in [0.3, 0.4) is 0 Å². The molecule has 9 aromatic rings. The predicted octanol–water partition coefficient (Wildman–Crippen LogP) is 10.4. The summed E-state index contributed by atoms with van der Waals surface area (Å²) in [6, 6.07) is 46.0. The zero-order valence-electron chi connectivity index (χ0n) is 22.4. The van der Waals surface area contributed by atoms with Gasteiger partial charge in [-0.05, 0) is 92.0 Å². The van der Waals surface area contributed by atoms with Gasteiger partial charge >= 0.3 is 0 Å². The summed E-state index contributed by atoms with van der Waals surface area (Å²) in [5.74, 6) is 1.13. The number of fused-ring (bicyclic) bond motifs is 8. The van der Waals surface area contributed by atoms with E-state index in [2.05, 4.69) is 78.9 Å². The first-order chi connectivity index (χ1) is 20.8. The van der Waals surface area contributed by atoms with Crippen LogP contribution in [0.1, 0.15) is 0 Å². The van der Waals surface area contributed by atoms with E-state index in [0.717, 1.165) is 44.5 Å². The lowest BCUT2D eigenvalue weighted by Gasteiger charge is -2.13. The highest BCUT2D eigenvalue weighted by Gasteiger charge is 2.16. The molecule has 0 atom stereocenters. The van der Waals surface area contributed by atoms with Crippen molar-refractivity contribution >= 4 is 54.5 Å². The Morgan fingerprint density at radius 1 is 0.333 bits per heavy atom. The second kappa shape index (κ2) is 8.88. The number of para-hydroxylation sites is 4. The SMILES string of the molecule is c1ccc2oc(-c3cc(-c4ccc5c6ccccc6c6ccccc6c5c4)cc(-c4nc5ccccc5o4)c3)nc2c1. The maximum absolute atomic E-state index is 6.21. The van der Waals surface area contributed by atoms with Crippen LogP contribution in [0.15, 0.2) is 142 Å². The maximum atomic E-state index is 6.21. The van der Waals surface area contributed by atoms with Crippen molar-refractivity contribution in [2.45, 2.75) is 0 Å². The summed E-state index contributed by atoms with van der Waals surface area (Å²) in [7, 11) is 0. The van der Waals surface area contributed by atoms with Crippen molar-refractivity contribution in [1.29, 1.82) is 0 Å². The second-order valence-electron chi connectivity index (χ2n) is 10.6. The summed E-state index contributed by atoms with van der Waals surface area (Å²) in [4.78, 5) is 9.61. The molecule has 2 heterocycles. The molecule has 9 rings (SSSR count). The van der Waals surface area contributed by atoms with Crippen LogP contribution in [-0.4, -0.2) is 9.97 Å². The van der Waals surface area contributed by atoms with Gasteiger partial charge in [-0.1, -0.05) is 84.9 Å². The quantitative estimate of drug-likeness (QED) is 0.210. The summed E-state index contributed by atoms with van der Waals surface area (Å²) < 4.78 is 12.4. The van der Waals surface area contributed by atoms with Crippen LogP contribution in [0.2, 0.25) is 0 Å². The van der Waals surface area contributed by atoms with Gasteiger partial charge < -0.3 is 8.83 Å². The molecular formula is C38H22N2O2. The molecule has 0 saturated heterocycles. The average Bonchev–Trinajstić information content (AvgIpc) is 3.70. The fourth-order valence-corrected chi connectivity index (χ4v) is 6.12. The first-order valence-electron chi connectivity index (χ1n) is 14.0. The first kappa shape index (κ1) is 23.0. The van der Waals surface area contributed by atoms with E-state index in [1.807, 2.05) is 54.6 Å². The fraction of sp³-hybridized carbons (Fsp3) is 0. The Balaban J connectivity index is 1.30. The van der Waals surface area contributed by atoms with E-state index in [4.69, 9.17) is 18.8 Å². The summed E-state index contributed by atoms with van der Waals surface area (Å²) in [5.41, 5.74) is 7.02. The topological polar surface area (TPSA) is 52.1 Å². The molecule has 0 unspecified atom stereocenters. The zero-order valence-corrected chi connectivity index (χ0v) is 22.4. The molecule has 7 aromatic carbocycles. The third-order valence-corrected chi connectivity index (χ3v) is 8.09. The Kier molecular flexibility index (Phi) is 4.87. The van der Waals surface area contributed by atoms with Crippen molar-refractivity contribution in [3.8, 4) is 34.0 Å². The van der Waals surface area contributed by atoms with Gasteiger partial charge in [0, 0.05) is 11.1 Å². The molecule has 42 heavy (non-hydrogen) atoms. The molecule has 0 fully saturated rings. The molecular weight excluding hydrogens is 516 g/mol. The van der Waals surface area contributed by atoms with Crippen molar-refractivity contribution in [3.63, 3.8) is 0 Å². The van der Waals surface area contributed by atoms with Crippen LogP contribution >= 0.6 is 0 Å². The number of benzene rings is 7. The van der Waals surface area contributed by atoms with Crippen molar-refractivity contribution in [3.05, 3.63) is 133 Å². The van der Waals surface area contributed by atoms with Crippen molar-refractivity contribution in [1.82, 2.24) is 9.97 Å². The third kappa shape index (κ3) is 3.55. The third-order valence-electron chi connectivity index (χ3n) is 8.09. The Bertz CT molecular complexity index is 2290. The lowest BCUT2D eigenvalue weighted by atomic mass is 9.91. The van der Waals surface area contributed by atoms with Gasteiger partial charge in [-0.15, -0.1) is 0 Å². The molecule has 4 nitrogen and oxygen atoms in total. The first-order valence-corrected chi connectivity index (χ1v) is 14.0. The number of oxazole rings is 2. The molecule has 0 N–H and O–H groups in total. The standard InChI is InChI=1S/C38H22N2O2/c1-2-11-29-27(9-1)28-10-3-4-12-30(28)32-22-23(17-18-31(29)32)24-19-25(37-39-33-13-5-7-15-35(33)41-37)21-26(20-24)38-40-34-14-6-8-16-36(34)42-38/h1-22H. The van der Waals surface area contributed by atoms with Crippen LogP contribution in [0.5, 0.6) is 0 Å². The number of aromatic nitrogens is 2. The Hall–Kier alpha value is -5.74. The predicted molar refractivity (Wildman–Crippen MR) is 170 cm³/mol. The van der Waals surface area contributed by atoms with Crippen LogP contribution in [0.4, 0.5) is 0 Å². The van der Waals surface area contributed by atoms with Gasteiger partial charge in [-0.3, -0.25) is 0 Å². The van der Waals surface area contributed by atoms with Crippen molar-refractivity contribution < 1.29 is 8.83 Å². The number of rotatable bonds is 3. The van der Waals surface area contributed by atoms with E-state index in [0.29, 0.717) is 11.8 Å². The maximum Gasteiger partial charge on any atom is 0.227 e. The highest BCUT2D eigenvalue weighted by atomic mass is 16.4. The molecule has 2 aromatic heterocycles. The van der Waals surface area contributed by atoms with Crippen LogP contribution < -0.4 is 0 Å². The van der Waals surface area contributed by atoms with E-state index in [9.17, 15) is 0 Å². The number of hydrogen-bond donors (Lipinski definition) is 0. The zero-order chi connectivity index (χ0) is 27.6. The molecule has 196 valence electrons. The lowest BCUT2D eigenvalue weighted by Crippen LogP contribution is -1.88. The summed E-state index contributed by atoms with van der Waals surface area (Å²) in [6.45, 7) is 0. The second-order valence-corrected chi connectivity index (χ2v) is 10.6. The van der Waals surface area contributed by atoms with Crippen LogP contribution in [0.25, 0.3) is 88.6 Å². The lowest BCUT2D eigenvalue weighted by molar-refractivity contribution is 0.617. The molecule has 4 heteroatoms. The van der Waals surface area contributed by atoms with Gasteiger partial charge in [-0.2, -0.15) is 0 Å². The van der Waals surface area contributed by atoms with E-state index in [1.165, 1.54) is 32.3 Å². The van der Waals surface area contributed by atoms with Crippen molar-refractivity contribution in [2.75, 3.05) is 0 Å². The summed E-state index contributed by atoms with van der Waals surface area (Å²) in [6.07, 6.45) is 0. The molecule has 0 saturated carbocycles. The van der Waals surface area contributed by atoms with Gasteiger partial charge in [0.2, 0.25) is 11.8 Å². The van der Waals surface area contributed by atoms with Crippen LogP contribution in [0, 0.1) is 0 Å². The van der Waals surface area contributed by atoms with Gasteiger partial charge in [0.05, 0.1) is 0 Å². The van der Waals surface area contributed by atoms with Crippen LogP contribution in [-0.2, 0) is 0 Å². The van der Waals surface area contributed by atoms with E-state index in [1.54, 1.807) is 0 Å². The molecule has 0 bridgehead atoms. The minimum absolute atomic E-state index is 0.563. The Morgan fingerprint density at radius 3 is 1.29 bits per heavy atom. The van der Waals surface area contributed by atoms with Gasteiger partial charge in [0.25, 0.3) is 0 Å². The number of nitrogens with zero attached hydrogens (tertiary/aromatic N) is 2. The van der Waals surface area contributed by atoms with Gasteiger partial charge in [0.1, 0.15) is 11.0 Å². The summed E-state index contributed by atoms with van der Waals surface area (Å²) in [5, 5.41) is 7.47. The molecule has 0 radical (unpaired) electrons. The van der Waals surface area contributed by atoms with E-state index >= 15 is 0 Å². The van der Waals surface area contributed by atoms with E-state index < -0.39 is 0 Å². The Morgan fingerprint density at radius 2 is 0.762 bits per heavy atom. The molecule has 0 aliphatic carbocycles. The molecule has 0 aliphatic rings. The smallest absolute Gasteiger partial charge is 0.227 e. The Labute approximate surface area is 240 Å².